The Labute approximate surface area is 239 Å². The number of nitrogens with zero attached hydrogens (tertiary/aromatic N) is 6. The molecular formula is C31H36FN9. The number of likely N-dealkylation sites (N-methyl/N-ethyl adjacent to an activating group) is 1. The minimum atomic E-state index is -0.427. The zero-order chi connectivity index (χ0) is 28.5. The van der Waals surface area contributed by atoms with Crippen molar-refractivity contribution in [1.82, 2.24) is 39.9 Å². The molecule has 5 heterocycles. The lowest BCUT2D eigenvalue weighted by Crippen LogP contribution is -2.43. The zero-order valence-corrected chi connectivity index (χ0v) is 23.7. The lowest BCUT2D eigenvalue weighted by molar-refractivity contribution is 0.207. The van der Waals surface area contributed by atoms with Gasteiger partial charge in [0.15, 0.2) is 11.5 Å². The van der Waals surface area contributed by atoms with Crippen LogP contribution < -0.4 is 5.32 Å². The van der Waals surface area contributed by atoms with E-state index in [2.05, 4.69) is 60.5 Å². The van der Waals surface area contributed by atoms with Gasteiger partial charge in [0.25, 0.3) is 0 Å². The number of rotatable bonds is 8. The lowest BCUT2D eigenvalue weighted by Gasteiger charge is -2.35. The number of hydrogen-bond acceptors (Lipinski definition) is 7. The third kappa shape index (κ3) is 5.27. The van der Waals surface area contributed by atoms with Crippen LogP contribution in [0, 0.1) is 18.7 Å². The SMILES string of the molecule is C=C/C=C(\c1nc(-c2[nH]nc3ncc(-c4cncc(NC(=C)C5CCCC5)c4)c(F)c23)[nH]c1C)N1CCN(C)CC1. The summed E-state index contributed by atoms with van der Waals surface area (Å²) in [5.74, 6) is 0.536. The van der Waals surface area contributed by atoms with E-state index in [1.165, 1.54) is 19.0 Å². The van der Waals surface area contributed by atoms with E-state index in [0.717, 1.165) is 67.5 Å². The third-order valence-corrected chi connectivity index (χ3v) is 8.21. The van der Waals surface area contributed by atoms with E-state index in [-0.39, 0.29) is 11.0 Å². The van der Waals surface area contributed by atoms with Crippen molar-refractivity contribution in [1.29, 1.82) is 0 Å². The molecule has 0 aromatic carbocycles. The summed E-state index contributed by atoms with van der Waals surface area (Å²) in [7, 11) is 2.13. The fraction of sp³-hybridized carbons (Fsp3) is 0.355. The molecule has 10 heteroatoms. The maximum absolute atomic E-state index is 16.2. The molecule has 1 saturated carbocycles. The van der Waals surface area contributed by atoms with Gasteiger partial charge in [-0.2, -0.15) is 5.10 Å². The van der Waals surface area contributed by atoms with Gasteiger partial charge in [-0.1, -0.05) is 32.1 Å². The highest BCUT2D eigenvalue weighted by molar-refractivity contribution is 5.93. The number of halogens is 1. The van der Waals surface area contributed by atoms with Gasteiger partial charge in [0.05, 0.1) is 23.0 Å². The fourth-order valence-electron chi connectivity index (χ4n) is 5.86. The fourth-order valence-corrected chi connectivity index (χ4v) is 5.86. The first-order valence-corrected chi connectivity index (χ1v) is 14.2. The number of H-pyrrole nitrogens is 2. The van der Waals surface area contributed by atoms with Gasteiger partial charge in [0, 0.05) is 61.1 Å². The molecule has 0 amide bonds. The van der Waals surface area contributed by atoms with Crippen LogP contribution in [0.15, 0.2) is 55.7 Å². The van der Waals surface area contributed by atoms with Crippen LogP contribution in [0.3, 0.4) is 0 Å². The molecule has 0 spiro atoms. The van der Waals surface area contributed by atoms with Gasteiger partial charge in [-0.15, -0.1) is 0 Å². The molecule has 2 aliphatic rings. The Morgan fingerprint density at radius 2 is 1.93 bits per heavy atom. The average molecular weight is 554 g/mol. The standard InChI is InChI=1S/C31H36FN9/c1-5-8-25(41-13-11-40(4)12-14-41)28-20(3)36-31(37-28)29-26-27(32)24(18-34-30(26)39-38-29)22-15-23(17-33-16-22)35-19(2)21-9-6-7-10-21/h5,8,15-18,21,35H,1-2,6-7,9-14H2,3-4H3,(H,36,37)(H,34,38,39)/b25-8+. The predicted octanol–water partition coefficient (Wildman–Crippen LogP) is 5.75. The van der Waals surface area contributed by atoms with Crippen LogP contribution in [0.5, 0.6) is 0 Å². The van der Waals surface area contributed by atoms with Gasteiger partial charge >= 0.3 is 0 Å². The maximum atomic E-state index is 16.2. The summed E-state index contributed by atoms with van der Waals surface area (Å²) in [6.07, 6.45) is 13.4. The average Bonchev–Trinajstić information content (AvgIpc) is 3.73. The molecule has 2 fully saturated rings. The Bertz CT molecular complexity index is 1620. The van der Waals surface area contributed by atoms with Crippen molar-refractivity contribution < 1.29 is 4.39 Å². The number of pyridine rings is 2. The Balaban J connectivity index is 1.34. The first kappa shape index (κ1) is 26.9. The molecule has 212 valence electrons. The Morgan fingerprint density at radius 3 is 2.68 bits per heavy atom. The van der Waals surface area contributed by atoms with Crippen LogP contribution in [0.2, 0.25) is 0 Å². The highest BCUT2D eigenvalue weighted by atomic mass is 19.1. The van der Waals surface area contributed by atoms with Gasteiger partial charge in [-0.25, -0.2) is 14.4 Å². The predicted molar refractivity (Wildman–Crippen MR) is 161 cm³/mol. The molecule has 1 aliphatic carbocycles. The number of nitrogens with one attached hydrogen (secondary N) is 3. The molecule has 4 aromatic heterocycles. The van der Waals surface area contributed by atoms with E-state index in [0.29, 0.717) is 28.6 Å². The van der Waals surface area contributed by atoms with E-state index in [4.69, 9.17) is 4.98 Å². The highest BCUT2D eigenvalue weighted by Gasteiger charge is 2.25. The van der Waals surface area contributed by atoms with Gasteiger partial charge in [-0.05, 0) is 44.9 Å². The quantitative estimate of drug-likeness (QED) is 0.239. The summed E-state index contributed by atoms with van der Waals surface area (Å²) in [6, 6.07) is 1.89. The Kier molecular flexibility index (Phi) is 7.40. The maximum Gasteiger partial charge on any atom is 0.184 e. The second kappa shape index (κ2) is 11.3. The molecule has 3 N–H and O–H groups in total. The van der Waals surface area contributed by atoms with E-state index < -0.39 is 5.82 Å². The van der Waals surface area contributed by atoms with Gasteiger partial charge < -0.3 is 20.1 Å². The molecule has 41 heavy (non-hydrogen) atoms. The number of allylic oxidation sites excluding steroid dienone is 3. The number of anilines is 1. The topological polar surface area (TPSA) is 102 Å². The summed E-state index contributed by atoms with van der Waals surface area (Å²) in [4.78, 5) is 21.7. The van der Waals surface area contributed by atoms with Crippen molar-refractivity contribution in [3.05, 3.63) is 72.9 Å². The van der Waals surface area contributed by atoms with Crippen LogP contribution in [0.4, 0.5) is 10.1 Å². The Hall–Kier alpha value is -4.31. The van der Waals surface area contributed by atoms with Gasteiger partial charge in [0.1, 0.15) is 17.2 Å². The zero-order valence-electron chi connectivity index (χ0n) is 23.7. The normalized spacial score (nSPS) is 17.0. The molecule has 0 bridgehead atoms. The van der Waals surface area contributed by atoms with Gasteiger partial charge in [0.2, 0.25) is 0 Å². The van der Waals surface area contributed by atoms with Crippen LogP contribution in [-0.4, -0.2) is 73.2 Å². The number of imidazole rings is 1. The van der Waals surface area contributed by atoms with Crippen molar-refractivity contribution in [2.75, 3.05) is 38.5 Å². The number of aromatic amines is 2. The number of piperazine rings is 1. The number of fused-ring (bicyclic) bond motifs is 1. The van der Waals surface area contributed by atoms with Crippen molar-refractivity contribution in [3.63, 3.8) is 0 Å². The largest absolute Gasteiger partial charge is 0.367 e. The van der Waals surface area contributed by atoms with Crippen LogP contribution >= 0.6 is 0 Å². The van der Waals surface area contributed by atoms with Crippen molar-refractivity contribution in [2.24, 2.45) is 5.92 Å². The first-order valence-electron chi connectivity index (χ1n) is 14.2. The Morgan fingerprint density at radius 1 is 1.15 bits per heavy atom. The van der Waals surface area contributed by atoms with E-state index in [1.807, 2.05) is 19.1 Å². The van der Waals surface area contributed by atoms with E-state index >= 15 is 4.39 Å². The van der Waals surface area contributed by atoms with E-state index in [1.54, 1.807) is 18.5 Å². The highest BCUT2D eigenvalue weighted by Crippen LogP contribution is 2.35. The molecule has 0 unspecified atom stereocenters. The smallest absolute Gasteiger partial charge is 0.184 e. The second-order valence-electron chi connectivity index (χ2n) is 11.0. The minimum absolute atomic E-state index is 0.283. The number of aromatic nitrogens is 6. The number of hydrogen-bond donors (Lipinski definition) is 3. The molecule has 0 radical (unpaired) electrons. The molecule has 6 rings (SSSR count). The molecular weight excluding hydrogens is 517 g/mol. The van der Waals surface area contributed by atoms with E-state index in [9.17, 15) is 0 Å². The van der Waals surface area contributed by atoms with Crippen LogP contribution in [0.25, 0.3) is 39.4 Å². The summed E-state index contributed by atoms with van der Waals surface area (Å²) in [6.45, 7) is 13.8. The summed E-state index contributed by atoms with van der Waals surface area (Å²) in [5, 5.41) is 10.9. The summed E-state index contributed by atoms with van der Waals surface area (Å²) < 4.78 is 16.2. The van der Waals surface area contributed by atoms with Crippen molar-refractivity contribution >= 4 is 22.4 Å². The molecule has 1 aliphatic heterocycles. The third-order valence-electron chi connectivity index (χ3n) is 8.21. The minimum Gasteiger partial charge on any atom is -0.367 e. The van der Waals surface area contributed by atoms with Crippen LogP contribution in [0.1, 0.15) is 37.1 Å². The first-order chi connectivity index (χ1) is 19.9. The number of aryl methyl sites for hydroxylation is 1. The van der Waals surface area contributed by atoms with Crippen LogP contribution in [-0.2, 0) is 0 Å². The van der Waals surface area contributed by atoms with Crippen molar-refractivity contribution in [2.45, 2.75) is 32.6 Å². The second-order valence-corrected chi connectivity index (χ2v) is 11.0. The molecule has 0 atom stereocenters. The van der Waals surface area contributed by atoms with Gasteiger partial charge in [-0.3, -0.25) is 10.1 Å². The molecule has 9 nitrogen and oxygen atoms in total. The molecule has 4 aromatic rings. The summed E-state index contributed by atoms with van der Waals surface area (Å²) in [5.41, 5.74) is 6.15. The summed E-state index contributed by atoms with van der Waals surface area (Å²) >= 11 is 0. The monoisotopic (exact) mass is 553 g/mol. The lowest BCUT2D eigenvalue weighted by atomic mass is 10.0. The van der Waals surface area contributed by atoms with Crippen molar-refractivity contribution in [3.8, 4) is 22.6 Å². The molecule has 1 saturated heterocycles.